The molecule has 1 unspecified atom stereocenters. The second-order valence-electron chi connectivity index (χ2n) is 6.79. The van der Waals surface area contributed by atoms with Crippen LogP contribution in [0.15, 0.2) is 29.2 Å². The van der Waals surface area contributed by atoms with Gasteiger partial charge >= 0.3 is 0 Å². The van der Waals surface area contributed by atoms with E-state index in [1.807, 2.05) is 12.1 Å². The van der Waals surface area contributed by atoms with Crippen LogP contribution in [0.25, 0.3) is 0 Å². The molecule has 1 aromatic rings. The van der Waals surface area contributed by atoms with Gasteiger partial charge in [-0.2, -0.15) is 4.31 Å². The maximum Gasteiger partial charge on any atom is 0.243 e. The molecule has 0 aromatic heterocycles. The number of morpholine rings is 1. The molecule has 2 heterocycles. The minimum atomic E-state index is -3.42. The molecular weight excluding hydrogens is 372 g/mol. The van der Waals surface area contributed by atoms with E-state index in [9.17, 15) is 8.42 Å². The molecule has 3 rings (SSSR count). The van der Waals surface area contributed by atoms with Crippen molar-refractivity contribution >= 4 is 21.8 Å². The Labute approximate surface area is 160 Å². The number of benzene rings is 1. The van der Waals surface area contributed by atoms with E-state index in [4.69, 9.17) is 9.47 Å². The van der Waals surface area contributed by atoms with Crippen molar-refractivity contribution in [2.75, 3.05) is 52.8 Å². The summed E-state index contributed by atoms with van der Waals surface area (Å²) in [4.78, 5) is 2.62. The molecule has 0 amide bonds. The van der Waals surface area contributed by atoms with Crippen LogP contribution in [0.2, 0.25) is 0 Å². The van der Waals surface area contributed by atoms with Crippen molar-refractivity contribution in [2.45, 2.75) is 29.2 Å². The highest BCUT2D eigenvalue weighted by Crippen LogP contribution is 2.34. The Balaban J connectivity index is 1.66. The van der Waals surface area contributed by atoms with Crippen molar-refractivity contribution in [2.24, 2.45) is 0 Å². The molecule has 1 aromatic carbocycles. The van der Waals surface area contributed by atoms with Crippen LogP contribution in [0.1, 0.15) is 18.4 Å². The van der Waals surface area contributed by atoms with Crippen molar-refractivity contribution in [3.8, 4) is 0 Å². The fourth-order valence-electron chi connectivity index (χ4n) is 3.58. The maximum absolute atomic E-state index is 12.7. The van der Waals surface area contributed by atoms with Crippen LogP contribution in [-0.4, -0.2) is 75.3 Å². The van der Waals surface area contributed by atoms with Gasteiger partial charge in [-0.3, -0.25) is 4.90 Å². The molecule has 6 nitrogen and oxygen atoms in total. The van der Waals surface area contributed by atoms with Gasteiger partial charge in [0, 0.05) is 33.3 Å². The van der Waals surface area contributed by atoms with Gasteiger partial charge in [0.1, 0.15) is 4.93 Å². The van der Waals surface area contributed by atoms with E-state index < -0.39 is 10.0 Å². The highest BCUT2D eigenvalue weighted by molar-refractivity contribution is 7.99. The zero-order valence-electron chi connectivity index (χ0n) is 15.5. The Morgan fingerprint density at radius 1 is 1.19 bits per heavy atom. The van der Waals surface area contributed by atoms with E-state index in [1.54, 1.807) is 31.0 Å². The van der Waals surface area contributed by atoms with Gasteiger partial charge in [-0.15, -0.1) is 11.8 Å². The van der Waals surface area contributed by atoms with Crippen LogP contribution in [0, 0.1) is 0 Å². The smallest absolute Gasteiger partial charge is 0.243 e. The molecular formula is C18H28N2O4S2. The number of methoxy groups -OCH3 is 1. The molecule has 2 aliphatic heterocycles. The predicted octanol–water partition coefficient (Wildman–Crippen LogP) is 2.01. The number of piperidine rings is 1. The summed E-state index contributed by atoms with van der Waals surface area (Å²) in [6.45, 7) is 4.50. The van der Waals surface area contributed by atoms with Crippen LogP contribution in [0.3, 0.4) is 0 Å². The molecule has 146 valence electrons. The average Bonchev–Trinajstić information content (AvgIpc) is 2.69. The van der Waals surface area contributed by atoms with Gasteiger partial charge in [-0.05, 0) is 43.3 Å². The second-order valence-corrected chi connectivity index (χ2v) is 9.88. The number of thioether (sulfide) groups is 1. The summed E-state index contributed by atoms with van der Waals surface area (Å²) in [5.74, 6) is 0. The summed E-state index contributed by atoms with van der Waals surface area (Å²) in [6, 6.07) is 7.30. The van der Waals surface area contributed by atoms with E-state index in [0.29, 0.717) is 31.2 Å². The highest BCUT2D eigenvalue weighted by atomic mass is 32.2. The largest absolute Gasteiger partial charge is 0.379 e. The summed E-state index contributed by atoms with van der Waals surface area (Å²) < 4.78 is 37.9. The maximum atomic E-state index is 12.7. The molecule has 1 atom stereocenters. The number of likely N-dealkylation sites (tertiary alicyclic amines) is 1. The van der Waals surface area contributed by atoms with Gasteiger partial charge in [0.05, 0.1) is 18.1 Å². The lowest BCUT2D eigenvalue weighted by Gasteiger charge is -2.40. The topological polar surface area (TPSA) is 59.1 Å². The van der Waals surface area contributed by atoms with Crippen molar-refractivity contribution < 1.29 is 17.9 Å². The number of sulfonamides is 1. The first-order chi connectivity index (χ1) is 12.5. The molecule has 2 aliphatic rings. The summed E-state index contributed by atoms with van der Waals surface area (Å²) in [5.41, 5.74) is 1.12. The van der Waals surface area contributed by atoms with Crippen LogP contribution in [0.4, 0.5) is 0 Å². The lowest BCUT2D eigenvalue weighted by atomic mass is 10.1. The van der Waals surface area contributed by atoms with Gasteiger partial charge in [0.15, 0.2) is 0 Å². The van der Waals surface area contributed by atoms with Crippen molar-refractivity contribution in [1.29, 1.82) is 0 Å². The molecule has 26 heavy (non-hydrogen) atoms. The first-order valence-electron chi connectivity index (χ1n) is 8.99. The zero-order chi connectivity index (χ0) is 18.6. The number of hydrogen-bond donors (Lipinski definition) is 0. The molecule has 0 saturated carbocycles. The van der Waals surface area contributed by atoms with Gasteiger partial charge in [0.25, 0.3) is 0 Å². The number of hydrogen-bond acceptors (Lipinski definition) is 6. The van der Waals surface area contributed by atoms with Crippen molar-refractivity contribution in [3.05, 3.63) is 29.8 Å². The number of ether oxygens (including phenoxy) is 2. The zero-order valence-corrected chi connectivity index (χ0v) is 17.2. The number of rotatable bonds is 6. The Hall–Kier alpha value is -0.640. The highest BCUT2D eigenvalue weighted by Gasteiger charge is 2.34. The second kappa shape index (κ2) is 8.58. The van der Waals surface area contributed by atoms with E-state index >= 15 is 0 Å². The third-order valence-electron chi connectivity index (χ3n) is 5.18. The summed E-state index contributed by atoms with van der Waals surface area (Å²) in [7, 11) is -1.64. The van der Waals surface area contributed by atoms with Crippen LogP contribution >= 0.6 is 11.8 Å². The molecule has 0 radical (unpaired) electrons. The SMILES string of the molecule is COC1(SC)CCCN(Cc2ccc(S(=O)(=O)N3CCOCC3)cc2)C1. The first-order valence-corrected chi connectivity index (χ1v) is 11.7. The monoisotopic (exact) mass is 400 g/mol. The fourth-order valence-corrected chi connectivity index (χ4v) is 5.82. The standard InChI is InChI=1S/C18H28N2O4S2/c1-23-18(25-2)8-3-9-19(15-18)14-16-4-6-17(7-5-16)26(21,22)20-10-12-24-13-11-20/h4-7H,3,8-15H2,1-2H3. The molecule has 0 bridgehead atoms. The first kappa shape index (κ1) is 20.1. The van der Waals surface area contributed by atoms with E-state index in [0.717, 1.165) is 38.0 Å². The summed E-state index contributed by atoms with van der Waals surface area (Å²) in [6.07, 6.45) is 4.27. The molecule has 2 saturated heterocycles. The van der Waals surface area contributed by atoms with E-state index in [-0.39, 0.29) is 4.93 Å². The summed E-state index contributed by atoms with van der Waals surface area (Å²) in [5, 5.41) is 0. The van der Waals surface area contributed by atoms with Crippen molar-refractivity contribution in [1.82, 2.24) is 9.21 Å². The van der Waals surface area contributed by atoms with Crippen LogP contribution in [-0.2, 0) is 26.0 Å². The van der Waals surface area contributed by atoms with Crippen LogP contribution < -0.4 is 0 Å². The minimum absolute atomic E-state index is 0.127. The van der Waals surface area contributed by atoms with Gasteiger partial charge in [0.2, 0.25) is 10.0 Å². The van der Waals surface area contributed by atoms with Gasteiger partial charge in [-0.25, -0.2) is 8.42 Å². The van der Waals surface area contributed by atoms with E-state index in [1.165, 1.54) is 4.31 Å². The third-order valence-corrected chi connectivity index (χ3v) is 8.33. The quantitative estimate of drug-likeness (QED) is 0.681. The summed E-state index contributed by atoms with van der Waals surface area (Å²) >= 11 is 1.77. The Kier molecular flexibility index (Phi) is 6.63. The normalized spacial score (nSPS) is 26.1. The Morgan fingerprint density at radius 3 is 2.50 bits per heavy atom. The molecule has 2 fully saturated rings. The minimum Gasteiger partial charge on any atom is -0.379 e. The van der Waals surface area contributed by atoms with E-state index in [2.05, 4.69) is 11.2 Å². The fraction of sp³-hybridized carbons (Fsp3) is 0.667. The Bertz CT molecular complexity index is 684. The Morgan fingerprint density at radius 2 is 1.88 bits per heavy atom. The lowest BCUT2D eigenvalue weighted by molar-refractivity contribution is 0.00217. The molecule has 0 spiro atoms. The molecule has 0 aliphatic carbocycles. The number of nitrogens with zero attached hydrogens (tertiary/aromatic N) is 2. The molecule has 8 heteroatoms. The van der Waals surface area contributed by atoms with Crippen molar-refractivity contribution in [3.63, 3.8) is 0 Å². The predicted molar refractivity (Wildman–Crippen MR) is 104 cm³/mol. The average molecular weight is 401 g/mol. The molecule has 0 N–H and O–H groups in total. The van der Waals surface area contributed by atoms with Crippen LogP contribution in [0.5, 0.6) is 0 Å². The third kappa shape index (κ3) is 4.43. The van der Waals surface area contributed by atoms with Gasteiger partial charge < -0.3 is 9.47 Å². The van der Waals surface area contributed by atoms with Gasteiger partial charge in [-0.1, -0.05) is 12.1 Å². The lowest BCUT2D eigenvalue weighted by Crippen LogP contribution is -2.46.